The van der Waals surface area contributed by atoms with Gasteiger partial charge in [0.2, 0.25) is 5.95 Å². The molecule has 1 aliphatic rings. The van der Waals surface area contributed by atoms with Crippen molar-refractivity contribution in [1.82, 2.24) is 19.9 Å². The van der Waals surface area contributed by atoms with Crippen molar-refractivity contribution in [1.29, 1.82) is 0 Å². The maximum absolute atomic E-state index is 6.42. The molecule has 0 bridgehead atoms. The number of pyridine rings is 1. The number of aliphatic imine (C=N–C) groups is 1. The predicted molar refractivity (Wildman–Crippen MR) is 123 cm³/mol. The first-order valence-electron chi connectivity index (χ1n) is 10.1. The number of halogens is 1. The number of nitrogens with one attached hydrogen (secondary N) is 1. The van der Waals surface area contributed by atoms with Crippen molar-refractivity contribution in [3.8, 4) is 22.9 Å². The summed E-state index contributed by atoms with van der Waals surface area (Å²) >= 11 is 6.42. The van der Waals surface area contributed by atoms with Gasteiger partial charge in [-0.05, 0) is 36.2 Å². The fourth-order valence-electron chi connectivity index (χ4n) is 3.62. The standard InChI is InChI=1S/C24H19ClN6/c1-2-19-15-9-3-4-10-16(15)21(27-19)29-24-30-22(17-11-5-6-12-18(17)25)28-23(31-24)20-13-7-8-14-26-20/h3-14,19H,2H2,1H3,(H,27,28,29,30,31). The van der Waals surface area contributed by atoms with E-state index in [9.17, 15) is 0 Å². The Morgan fingerprint density at radius 3 is 2.35 bits per heavy atom. The van der Waals surface area contributed by atoms with Gasteiger partial charge in [-0.15, -0.1) is 0 Å². The molecule has 0 amide bonds. The first kappa shape index (κ1) is 19.3. The van der Waals surface area contributed by atoms with Crippen LogP contribution in [0.2, 0.25) is 5.02 Å². The molecule has 0 radical (unpaired) electrons. The number of anilines is 1. The Morgan fingerprint density at radius 2 is 1.58 bits per heavy atom. The average Bonchev–Trinajstić information content (AvgIpc) is 3.17. The molecule has 7 heteroatoms. The van der Waals surface area contributed by atoms with Crippen molar-refractivity contribution in [2.24, 2.45) is 4.99 Å². The molecule has 1 aliphatic heterocycles. The number of rotatable bonds is 4. The summed E-state index contributed by atoms with van der Waals surface area (Å²) in [5.41, 5.74) is 3.65. The largest absolute Gasteiger partial charge is 0.308 e. The molecule has 2 aromatic carbocycles. The lowest BCUT2D eigenvalue weighted by atomic mass is 10.0. The van der Waals surface area contributed by atoms with Gasteiger partial charge in [-0.25, -0.2) is 4.98 Å². The molecular weight excluding hydrogens is 408 g/mol. The van der Waals surface area contributed by atoms with E-state index in [1.54, 1.807) is 6.20 Å². The van der Waals surface area contributed by atoms with Gasteiger partial charge in [-0.1, -0.05) is 61.0 Å². The molecule has 1 N–H and O–H groups in total. The van der Waals surface area contributed by atoms with Crippen LogP contribution in [0.5, 0.6) is 0 Å². The Labute approximate surface area is 185 Å². The minimum Gasteiger partial charge on any atom is -0.308 e. The third-order valence-corrected chi connectivity index (χ3v) is 5.45. The van der Waals surface area contributed by atoms with Gasteiger partial charge in [0.05, 0.1) is 11.1 Å². The number of fused-ring (bicyclic) bond motifs is 1. The van der Waals surface area contributed by atoms with Crippen LogP contribution in [-0.4, -0.2) is 25.8 Å². The van der Waals surface area contributed by atoms with Crippen molar-refractivity contribution in [3.63, 3.8) is 0 Å². The summed E-state index contributed by atoms with van der Waals surface area (Å²) in [5, 5.41) is 3.89. The fraction of sp³-hybridized carbons (Fsp3) is 0.125. The zero-order valence-corrected chi connectivity index (χ0v) is 17.6. The number of hydrogen-bond acceptors (Lipinski definition) is 6. The zero-order valence-electron chi connectivity index (χ0n) is 16.8. The first-order valence-corrected chi connectivity index (χ1v) is 10.5. The fourth-order valence-corrected chi connectivity index (χ4v) is 3.84. The highest BCUT2D eigenvalue weighted by Gasteiger charge is 2.24. The SMILES string of the molecule is CCC1N=C(Nc2nc(-c3ccccn3)nc(-c3ccccc3Cl)n2)c2ccccc21. The number of hydrogen-bond donors (Lipinski definition) is 1. The van der Waals surface area contributed by atoms with Crippen LogP contribution in [0.25, 0.3) is 22.9 Å². The van der Waals surface area contributed by atoms with Gasteiger partial charge in [-0.2, -0.15) is 9.97 Å². The smallest absolute Gasteiger partial charge is 0.232 e. The summed E-state index contributed by atoms with van der Waals surface area (Å²) in [6, 6.07) is 21.5. The zero-order chi connectivity index (χ0) is 21.2. The highest BCUT2D eigenvalue weighted by molar-refractivity contribution is 6.33. The van der Waals surface area contributed by atoms with E-state index in [0.717, 1.165) is 23.4 Å². The van der Waals surface area contributed by atoms with E-state index in [0.29, 0.717) is 28.3 Å². The molecule has 0 spiro atoms. The van der Waals surface area contributed by atoms with Crippen LogP contribution >= 0.6 is 11.6 Å². The van der Waals surface area contributed by atoms with E-state index in [2.05, 4.69) is 44.3 Å². The molecule has 2 aromatic heterocycles. The third-order valence-electron chi connectivity index (χ3n) is 5.12. The quantitative estimate of drug-likeness (QED) is 0.461. The van der Waals surface area contributed by atoms with E-state index in [-0.39, 0.29) is 6.04 Å². The minimum atomic E-state index is 0.124. The Bertz CT molecular complexity index is 1270. The van der Waals surface area contributed by atoms with E-state index >= 15 is 0 Å². The van der Waals surface area contributed by atoms with E-state index in [1.165, 1.54) is 5.56 Å². The van der Waals surface area contributed by atoms with Gasteiger partial charge in [-0.3, -0.25) is 9.98 Å². The summed E-state index contributed by atoms with van der Waals surface area (Å²) in [4.78, 5) is 23.2. The normalized spacial score (nSPS) is 14.8. The van der Waals surface area contributed by atoms with Crippen molar-refractivity contribution < 1.29 is 0 Å². The Balaban J connectivity index is 1.61. The van der Waals surface area contributed by atoms with Crippen LogP contribution in [-0.2, 0) is 0 Å². The second-order valence-corrected chi connectivity index (χ2v) is 7.52. The number of amidine groups is 1. The molecule has 5 rings (SSSR count). The van der Waals surface area contributed by atoms with Crippen LogP contribution < -0.4 is 5.32 Å². The third kappa shape index (κ3) is 3.78. The van der Waals surface area contributed by atoms with Crippen molar-refractivity contribution in [2.45, 2.75) is 19.4 Å². The molecule has 0 saturated heterocycles. The molecule has 152 valence electrons. The monoisotopic (exact) mass is 426 g/mol. The minimum absolute atomic E-state index is 0.124. The molecule has 0 fully saturated rings. The van der Waals surface area contributed by atoms with Crippen LogP contribution in [0, 0.1) is 0 Å². The predicted octanol–water partition coefficient (Wildman–Crippen LogP) is 5.58. The lowest BCUT2D eigenvalue weighted by Crippen LogP contribution is -2.15. The number of nitrogens with zero attached hydrogens (tertiary/aromatic N) is 5. The van der Waals surface area contributed by atoms with Gasteiger partial charge < -0.3 is 5.32 Å². The van der Waals surface area contributed by atoms with Crippen molar-refractivity contribution in [3.05, 3.63) is 89.1 Å². The Hall–Kier alpha value is -3.64. The number of benzene rings is 2. The van der Waals surface area contributed by atoms with E-state index in [1.807, 2.05) is 54.6 Å². The average molecular weight is 427 g/mol. The van der Waals surface area contributed by atoms with E-state index < -0.39 is 0 Å². The van der Waals surface area contributed by atoms with Crippen molar-refractivity contribution >= 4 is 23.4 Å². The van der Waals surface area contributed by atoms with Crippen LogP contribution in [0.4, 0.5) is 5.95 Å². The molecule has 3 heterocycles. The van der Waals surface area contributed by atoms with Gasteiger partial charge in [0.25, 0.3) is 0 Å². The summed E-state index contributed by atoms with van der Waals surface area (Å²) in [5.74, 6) is 2.09. The van der Waals surface area contributed by atoms with Crippen LogP contribution in [0.3, 0.4) is 0 Å². The molecule has 0 saturated carbocycles. The van der Waals surface area contributed by atoms with Crippen molar-refractivity contribution in [2.75, 3.05) is 5.32 Å². The summed E-state index contributed by atoms with van der Waals surface area (Å²) in [6.07, 6.45) is 2.63. The van der Waals surface area contributed by atoms with Gasteiger partial charge in [0, 0.05) is 17.3 Å². The highest BCUT2D eigenvalue weighted by atomic mass is 35.5. The Morgan fingerprint density at radius 1 is 0.839 bits per heavy atom. The topological polar surface area (TPSA) is 76.0 Å². The molecule has 1 unspecified atom stereocenters. The molecule has 31 heavy (non-hydrogen) atoms. The van der Waals surface area contributed by atoms with Crippen LogP contribution in [0.1, 0.15) is 30.5 Å². The maximum Gasteiger partial charge on any atom is 0.232 e. The molecule has 1 atom stereocenters. The second-order valence-electron chi connectivity index (χ2n) is 7.12. The summed E-state index contributed by atoms with van der Waals surface area (Å²) in [7, 11) is 0. The van der Waals surface area contributed by atoms with Gasteiger partial charge in [0.1, 0.15) is 11.5 Å². The van der Waals surface area contributed by atoms with E-state index in [4.69, 9.17) is 16.6 Å². The highest BCUT2D eigenvalue weighted by Crippen LogP contribution is 2.32. The second kappa shape index (κ2) is 8.24. The molecule has 4 aromatic rings. The maximum atomic E-state index is 6.42. The molecular formula is C24H19ClN6. The van der Waals surface area contributed by atoms with Gasteiger partial charge in [0.15, 0.2) is 11.6 Å². The lowest BCUT2D eigenvalue weighted by molar-refractivity contribution is 0.716. The Kier molecular flexibility index (Phi) is 5.14. The summed E-state index contributed by atoms with van der Waals surface area (Å²) in [6.45, 7) is 2.13. The lowest BCUT2D eigenvalue weighted by Gasteiger charge is -2.10. The van der Waals surface area contributed by atoms with Gasteiger partial charge >= 0.3 is 0 Å². The molecule has 6 nitrogen and oxygen atoms in total. The first-order chi connectivity index (χ1) is 15.2. The molecule has 0 aliphatic carbocycles. The van der Waals surface area contributed by atoms with Crippen LogP contribution in [0.15, 0.2) is 77.9 Å². The number of aromatic nitrogens is 4. The summed E-state index contributed by atoms with van der Waals surface area (Å²) < 4.78 is 0.